The number of para-hydroxylation sites is 1. The quantitative estimate of drug-likeness (QED) is 0.295. The van der Waals surface area contributed by atoms with Crippen LogP contribution in [0.4, 0.5) is 5.69 Å². The number of hydrogen-bond acceptors (Lipinski definition) is 3. The van der Waals surface area contributed by atoms with Crippen molar-refractivity contribution in [2.75, 3.05) is 11.9 Å². The van der Waals surface area contributed by atoms with Crippen molar-refractivity contribution in [3.63, 3.8) is 0 Å². The minimum Gasteiger partial charge on any atom is -0.490 e. The Morgan fingerprint density at radius 3 is 2.47 bits per heavy atom. The number of nitrogens with zero attached hydrogens (tertiary/aromatic N) is 1. The maximum Gasteiger partial charge on any atom is 0.257 e. The summed E-state index contributed by atoms with van der Waals surface area (Å²) in [6.45, 7) is 0.463. The summed E-state index contributed by atoms with van der Waals surface area (Å²) in [5.41, 5.74) is 2.18. The Morgan fingerprint density at radius 2 is 1.68 bits per heavy atom. The molecule has 8 heteroatoms. The molecular formula is C26H19Cl3N2O3. The Morgan fingerprint density at radius 1 is 0.882 bits per heavy atom. The number of rotatable bonds is 7. The zero-order valence-corrected chi connectivity index (χ0v) is 20.1. The van der Waals surface area contributed by atoms with E-state index in [1.165, 1.54) is 22.9 Å². The molecule has 34 heavy (non-hydrogen) atoms. The van der Waals surface area contributed by atoms with E-state index in [0.717, 1.165) is 11.1 Å². The fourth-order valence-corrected chi connectivity index (χ4v) is 3.92. The summed E-state index contributed by atoms with van der Waals surface area (Å²) < 4.78 is 7.08. The molecule has 3 aromatic carbocycles. The molecule has 0 radical (unpaired) electrons. The Bertz CT molecular complexity index is 1400. The molecule has 0 bridgehead atoms. The molecule has 0 fully saturated rings. The molecule has 1 N–H and O–H groups in total. The summed E-state index contributed by atoms with van der Waals surface area (Å²) in [6, 6.07) is 22.4. The molecule has 4 rings (SSSR count). The smallest absolute Gasteiger partial charge is 0.257 e. The normalized spacial score (nSPS) is 10.7. The van der Waals surface area contributed by atoms with Gasteiger partial charge in [0.05, 0.1) is 17.1 Å². The Kier molecular flexibility index (Phi) is 7.58. The molecule has 0 aliphatic heterocycles. The van der Waals surface area contributed by atoms with Gasteiger partial charge in [0.1, 0.15) is 12.4 Å². The van der Waals surface area contributed by atoms with E-state index < -0.39 is 0 Å². The monoisotopic (exact) mass is 512 g/mol. The predicted molar refractivity (Wildman–Crippen MR) is 138 cm³/mol. The van der Waals surface area contributed by atoms with Gasteiger partial charge >= 0.3 is 0 Å². The summed E-state index contributed by atoms with van der Waals surface area (Å²) in [4.78, 5) is 25.3. The van der Waals surface area contributed by atoms with Gasteiger partial charge in [-0.25, -0.2) is 0 Å². The van der Waals surface area contributed by atoms with Crippen LogP contribution in [0.3, 0.4) is 0 Å². The van der Waals surface area contributed by atoms with Crippen molar-refractivity contribution in [1.29, 1.82) is 0 Å². The van der Waals surface area contributed by atoms with Crippen LogP contribution in [0.2, 0.25) is 15.1 Å². The van der Waals surface area contributed by atoms with Crippen LogP contribution in [0.1, 0.15) is 10.4 Å². The summed E-state index contributed by atoms with van der Waals surface area (Å²) >= 11 is 18.4. The highest BCUT2D eigenvalue weighted by Gasteiger charge is 2.13. The van der Waals surface area contributed by atoms with Crippen molar-refractivity contribution < 1.29 is 9.53 Å². The zero-order valence-electron chi connectivity index (χ0n) is 17.8. The molecule has 0 spiro atoms. The van der Waals surface area contributed by atoms with Gasteiger partial charge in [0.15, 0.2) is 0 Å². The van der Waals surface area contributed by atoms with Gasteiger partial charge in [-0.3, -0.25) is 9.59 Å². The second-order valence-electron chi connectivity index (χ2n) is 7.38. The first kappa shape index (κ1) is 23.9. The number of ether oxygens (including phenoxy) is 1. The van der Waals surface area contributed by atoms with Gasteiger partial charge in [0.25, 0.3) is 11.5 Å². The number of nitrogens with one attached hydrogen (secondary N) is 1. The number of benzene rings is 3. The Balaban J connectivity index is 1.52. The molecule has 0 saturated heterocycles. The van der Waals surface area contributed by atoms with E-state index in [0.29, 0.717) is 32.1 Å². The van der Waals surface area contributed by atoms with E-state index in [1.54, 1.807) is 48.5 Å². The van der Waals surface area contributed by atoms with Crippen molar-refractivity contribution in [2.45, 2.75) is 6.54 Å². The highest BCUT2D eigenvalue weighted by molar-refractivity contribution is 6.32. The Hall–Kier alpha value is -3.25. The molecule has 1 heterocycles. The lowest BCUT2D eigenvalue weighted by Gasteiger charge is -2.14. The highest BCUT2D eigenvalue weighted by Crippen LogP contribution is 2.32. The van der Waals surface area contributed by atoms with Gasteiger partial charge in [-0.15, -0.1) is 0 Å². The number of halogens is 3. The Labute approximate surface area is 211 Å². The number of anilines is 1. The van der Waals surface area contributed by atoms with E-state index in [1.807, 2.05) is 18.2 Å². The minimum absolute atomic E-state index is 0.213. The van der Waals surface area contributed by atoms with Crippen molar-refractivity contribution in [2.24, 2.45) is 0 Å². The van der Waals surface area contributed by atoms with E-state index in [-0.39, 0.29) is 24.6 Å². The van der Waals surface area contributed by atoms with Crippen LogP contribution < -0.4 is 15.6 Å². The summed E-state index contributed by atoms with van der Waals surface area (Å²) in [6.07, 6.45) is 1.50. The minimum atomic E-state index is -0.369. The van der Waals surface area contributed by atoms with Gasteiger partial charge in [0, 0.05) is 33.6 Å². The lowest BCUT2D eigenvalue weighted by atomic mass is 10.0. The third kappa shape index (κ3) is 5.81. The van der Waals surface area contributed by atoms with E-state index >= 15 is 0 Å². The van der Waals surface area contributed by atoms with Gasteiger partial charge in [-0.1, -0.05) is 59.1 Å². The lowest BCUT2D eigenvalue weighted by Crippen LogP contribution is -2.24. The van der Waals surface area contributed by atoms with Gasteiger partial charge < -0.3 is 14.6 Å². The molecule has 0 unspecified atom stereocenters. The third-order valence-corrected chi connectivity index (χ3v) is 5.82. The maximum atomic E-state index is 13.0. The number of hydrogen-bond donors (Lipinski definition) is 1. The predicted octanol–water partition coefficient (Wildman–Crippen LogP) is 6.81. The molecule has 4 aromatic rings. The topological polar surface area (TPSA) is 60.3 Å². The first-order valence-electron chi connectivity index (χ1n) is 10.4. The van der Waals surface area contributed by atoms with Crippen LogP contribution in [-0.2, 0) is 6.54 Å². The fraction of sp³-hybridized carbons (Fsp3) is 0.0769. The molecule has 5 nitrogen and oxygen atoms in total. The molecule has 1 aromatic heterocycles. The summed E-state index contributed by atoms with van der Waals surface area (Å²) in [5.74, 6) is 0.161. The van der Waals surface area contributed by atoms with E-state index in [9.17, 15) is 9.59 Å². The number of amides is 1. The van der Waals surface area contributed by atoms with Crippen LogP contribution in [0.5, 0.6) is 5.75 Å². The van der Waals surface area contributed by atoms with Crippen LogP contribution in [0, 0.1) is 0 Å². The average Bonchev–Trinajstić information content (AvgIpc) is 2.82. The van der Waals surface area contributed by atoms with Crippen molar-refractivity contribution in [1.82, 2.24) is 4.57 Å². The summed E-state index contributed by atoms with van der Waals surface area (Å²) in [7, 11) is 0. The molecule has 172 valence electrons. The maximum absolute atomic E-state index is 13.0. The number of carbonyl (C=O) groups excluding carboxylic acids is 1. The molecule has 0 atom stereocenters. The van der Waals surface area contributed by atoms with Gasteiger partial charge in [-0.05, 0) is 54.1 Å². The number of carbonyl (C=O) groups is 1. The first-order chi connectivity index (χ1) is 16.4. The van der Waals surface area contributed by atoms with E-state index in [4.69, 9.17) is 39.5 Å². The van der Waals surface area contributed by atoms with Gasteiger partial charge in [-0.2, -0.15) is 0 Å². The van der Waals surface area contributed by atoms with Crippen molar-refractivity contribution >= 4 is 46.4 Å². The van der Waals surface area contributed by atoms with Gasteiger partial charge in [0.2, 0.25) is 0 Å². The number of pyridine rings is 1. The molecular weight excluding hydrogens is 495 g/mol. The standard InChI is InChI=1S/C26H19Cl3N2O3/c27-19-5-3-4-17(14-19)21-15-20(28)9-10-23(21)30-26(33)18-8-11-25(32)31(16-18)12-13-34-24-7-2-1-6-22(24)29/h1-11,14-16H,12-13H2,(H,30,33). The lowest BCUT2D eigenvalue weighted by molar-refractivity contribution is 0.102. The first-order valence-corrected chi connectivity index (χ1v) is 11.5. The highest BCUT2D eigenvalue weighted by atomic mass is 35.5. The fourth-order valence-electron chi connectivity index (χ4n) is 3.37. The summed E-state index contributed by atoms with van der Waals surface area (Å²) in [5, 5.41) is 4.49. The van der Waals surface area contributed by atoms with Crippen LogP contribution >= 0.6 is 34.8 Å². The SMILES string of the molecule is O=C(Nc1ccc(Cl)cc1-c1cccc(Cl)c1)c1ccc(=O)n(CCOc2ccccc2Cl)c1. The molecule has 1 amide bonds. The second-order valence-corrected chi connectivity index (χ2v) is 8.66. The number of aromatic nitrogens is 1. The van der Waals surface area contributed by atoms with Crippen LogP contribution in [0.25, 0.3) is 11.1 Å². The molecule has 0 aliphatic rings. The zero-order chi connectivity index (χ0) is 24.1. The van der Waals surface area contributed by atoms with Crippen molar-refractivity contribution in [3.05, 3.63) is 116 Å². The third-order valence-electron chi connectivity index (χ3n) is 5.04. The van der Waals surface area contributed by atoms with Crippen LogP contribution in [-0.4, -0.2) is 17.1 Å². The molecule has 0 saturated carbocycles. The molecule has 0 aliphatic carbocycles. The second kappa shape index (κ2) is 10.8. The average molecular weight is 514 g/mol. The van der Waals surface area contributed by atoms with Crippen molar-refractivity contribution in [3.8, 4) is 16.9 Å². The van der Waals surface area contributed by atoms with E-state index in [2.05, 4.69) is 5.32 Å². The largest absolute Gasteiger partial charge is 0.490 e. The van der Waals surface area contributed by atoms with Crippen LogP contribution in [0.15, 0.2) is 89.9 Å².